The molecule has 5 heteroatoms. The second kappa shape index (κ2) is 8.59. The third-order valence-corrected chi connectivity index (χ3v) is 3.66. The molecule has 0 aromatic heterocycles. The van der Waals surface area contributed by atoms with Crippen LogP contribution in [-0.2, 0) is 4.74 Å². The number of carbonyl (C=O) groups excluding carboxylic acids is 1. The van der Waals surface area contributed by atoms with Gasteiger partial charge in [0.25, 0.3) is 0 Å². The Morgan fingerprint density at radius 3 is 2.67 bits per heavy atom. The van der Waals surface area contributed by atoms with Gasteiger partial charge in [-0.15, -0.1) is 0 Å². The van der Waals surface area contributed by atoms with Crippen LogP contribution >= 0.6 is 0 Å². The van der Waals surface area contributed by atoms with E-state index in [-0.39, 0.29) is 6.09 Å². The highest BCUT2D eigenvalue weighted by atomic mass is 16.6. The van der Waals surface area contributed by atoms with Gasteiger partial charge in [0.1, 0.15) is 5.60 Å². The summed E-state index contributed by atoms with van der Waals surface area (Å²) < 4.78 is 5.29. The molecule has 1 rings (SSSR count). The lowest BCUT2D eigenvalue weighted by Gasteiger charge is -2.25. The van der Waals surface area contributed by atoms with Gasteiger partial charge in [-0.2, -0.15) is 0 Å². The molecule has 1 fully saturated rings. The predicted octanol–water partition coefficient (Wildman–Crippen LogP) is 2.36. The lowest BCUT2D eigenvalue weighted by molar-refractivity contribution is 0.0521. The molecule has 5 nitrogen and oxygen atoms in total. The third kappa shape index (κ3) is 8.27. The van der Waals surface area contributed by atoms with Gasteiger partial charge in [-0.1, -0.05) is 19.8 Å². The van der Waals surface area contributed by atoms with E-state index in [1.165, 1.54) is 19.3 Å². The Labute approximate surface area is 129 Å². The molecule has 1 aliphatic heterocycles. The molecule has 0 aromatic carbocycles. The van der Waals surface area contributed by atoms with E-state index in [2.05, 4.69) is 29.5 Å². The third-order valence-electron chi connectivity index (χ3n) is 3.66. The number of carbonyl (C=O) groups is 1. The standard InChI is InChI=1S/C16H33N3O2/c1-6-7-8-13(18-14-9-10-19(5)12-14)11-17-15(20)21-16(2,3)4/h13-14,18H,6-12H2,1-5H3,(H,17,20). The Morgan fingerprint density at radius 2 is 2.14 bits per heavy atom. The van der Waals surface area contributed by atoms with Crippen LogP contribution in [0.15, 0.2) is 0 Å². The summed E-state index contributed by atoms with van der Waals surface area (Å²) in [6, 6.07) is 0.867. The number of hydrogen-bond donors (Lipinski definition) is 2. The summed E-state index contributed by atoms with van der Waals surface area (Å²) in [6.07, 6.45) is 4.30. The van der Waals surface area contributed by atoms with Gasteiger partial charge in [-0.3, -0.25) is 0 Å². The smallest absolute Gasteiger partial charge is 0.407 e. The Kier molecular flexibility index (Phi) is 7.46. The zero-order chi connectivity index (χ0) is 15.9. The van der Waals surface area contributed by atoms with E-state index >= 15 is 0 Å². The van der Waals surface area contributed by atoms with Crippen LogP contribution in [0.2, 0.25) is 0 Å². The Bertz CT molecular complexity index is 315. The maximum atomic E-state index is 11.8. The lowest BCUT2D eigenvalue weighted by atomic mass is 10.1. The maximum Gasteiger partial charge on any atom is 0.407 e. The quantitative estimate of drug-likeness (QED) is 0.758. The summed E-state index contributed by atoms with van der Waals surface area (Å²) in [5, 5.41) is 6.58. The molecule has 21 heavy (non-hydrogen) atoms. The molecule has 1 aliphatic rings. The van der Waals surface area contributed by atoms with Gasteiger partial charge in [-0.05, 0) is 47.2 Å². The zero-order valence-electron chi connectivity index (χ0n) is 14.4. The minimum Gasteiger partial charge on any atom is -0.444 e. The highest BCUT2D eigenvalue weighted by Crippen LogP contribution is 2.10. The summed E-state index contributed by atoms with van der Waals surface area (Å²) in [6.45, 7) is 10.7. The molecule has 2 unspecified atom stereocenters. The van der Waals surface area contributed by atoms with Crippen LogP contribution in [0, 0.1) is 0 Å². The topological polar surface area (TPSA) is 53.6 Å². The zero-order valence-corrected chi connectivity index (χ0v) is 14.4. The van der Waals surface area contributed by atoms with E-state index in [0.29, 0.717) is 18.6 Å². The van der Waals surface area contributed by atoms with Crippen LogP contribution in [0.1, 0.15) is 53.4 Å². The largest absolute Gasteiger partial charge is 0.444 e. The van der Waals surface area contributed by atoms with Crippen LogP contribution < -0.4 is 10.6 Å². The summed E-state index contributed by atoms with van der Waals surface area (Å²) >= 11 is 0. The van der Waals surface area contributed by atoms with E-state index in [1.54, 1.807) is 0 Å². The van der Waals surface area contributed by atoms with Crippen LogP contribution in [0.3, 0.4) is 0 Å². The van der Waals surface area contributed by atoms with E-state index in [9.17, 15) is 4.79 Å². The van der Waals surface area contributed by atoms with E-state index < -0.39 is 5.60 Å². The average Bonchev–Trinajstić information content (AvgIpc) is 2.76. The Morgan fingerprint density at radius 1 is 1.43 bits per heavy atom. The fourth-order valence-electron chi connectivity index (χ4n) is 2.62. The monoisotopic (exact) mass is 299 g/mol. The molecule has 0 aromatic rings. The van der Waals surface area contributed by atoms with Crippen molar-refractivity contribution in [3.8, 4) is 0 Å². The number of nitrogens with zero attached hydrogens (tertiary/aromatic N) is 1. The lowest BCUT2D eigenvalue weighted by Crippen LogP contribution is -2.47. The van der Waals surface area contributed by atoms with Crippen molar-refractivity contribution in [1.29, 1.82) is 0 Å². The molecule has 0 aliphatic carbocycles. The predicted molar refractivity (Wildman–Crippen MR) is 86.6 cm³/mol. The van der Waals surface area contributed by atoms with E-state index in [0.717, 1.165) is 19.5 Å². The molecule has 0 saturated carbocycles. The summed E-state index contributed by atoms with van der Waals surface area (Å²) in [4.78, 5) is 14.1. The summed E-state index contributed by atoms with van der Waals surface area (Å²) in [7, 11) is 2.15. The van der Waals surface area contributed by atoms with Crippen molar-refractivity contribution in [2.75, 3.05) is 26.7 Å². The first-order valence-electron chi connectivity index (χ1n) is 8.21. The van der Waals surface area contributed by atoms with Crippen molar-refractivity contribution in [2.24, 2.45) is 0 Å². The van der Waals surface area contributed by atoms with Crippen molar-refractivity contribution in [3.63, 3.8) is 0 Å². The minimum atomic E-state index is -0.440. The van der Waals surface area contributed by atoms with Crippen molar-refractivity contribution in [2.45, 2.75) is 71.1 Å². The highest BCUT2D eigenvalue weighted by molar-refractivity contribution is 5.67. The van der Waals surface area contributed by atoms with Crippen LogP contribution in [0.5, 0.6) is 0 Å². The number of amides is 1. The van der Waals surface area contributed by atoms with Gasteiger partial charge in [0, 0.05) is 25.2 Å². The number of likely N-dealkylation sites (tertiary alicyclic amines) is 1. The van der Waals surface area contributed by atoms with Crippen LogP contribution in [0.25, 0.3) is 0 Å². The molecular formula is C16H33N3O2. The molecule has 124 valence electrons. The first-order chi connectivity index (χ1) is 9.80. The van der Waals surface area contributed by atoms with Gasteiger partial charge < -0.3 is 20.3 Å². The van der Waals surface area contributed by atoms with Gasteiger partial charge >= 0.3 is 6.09 Å². The van der Waals surface area contributed by atoms with Gasteiger partial charge in [-0.25, -0.2) is 4.79 Å². The molecular weight excluding hydrogens is 266 g/mol. The van der Waals surface area contributed by atoms with Gasteiger partial charge in [0.05, 0.1) is 0 Å². The number of ether oxygens (including phenoxy) is 1. The molecule has 0 radical (unpaired) electrons. The van der Waals surface area contributed by atoms with Gasteiger partial charge in [0.2, 0.25) is 0 Å². The fourth-order valence-corrected chi connectivity index (χ4v) is 2.62. The van der Waals surface area contributed by atoms with E-state index in [1.807, 2.05) is 20.8 Å². The first-order valence-corrected chi connectivity index (χ1v) is 8.21. The number of alkyl carbamates (subject to hydrolysis) is 1. The van der Waals surface area contributed by atoms with Crippen LogP contribution in [0.4, 0.5) is 4.79 Å². The second-order valence-electron chi connectivity index (χ2n) is 7.14. The van der Waals surface area contributed by atoms with Crippen LogP contribution in [-0.4, -0.2) is 55.4 Å². The molecule has 0 spiro atoms. The van der Waals surface area contributed by atoms with E-state index in [4.69, 9.17) is 4.74 Å². The molecule has 1 saturated heterocycles. The Balaban J connectivity index is 2.36. The SMILES string of the molecule is CCCCC(CNC(=O)OC(C)(C)C)NC1CCN(C)C1. The molecule has 0 bridgehead atoms. The fraction of sp³-hybridized carbons (Fsp3) is 0.938. The normalized spacial score (nSPS) is 21.3. The number of hydrogen-bond acceptors (Lipinski definition) is 4. The number of unbranched alkanes of at least 4 members (excludes halogenated alkanes) is 1. The molecule has 2 N–H and O–H groups in total. The first kappa shape index (κ1) is 18.2. The van der Waals surface area contributed by atoms with Crippen molar-refractivity contribution in [1.82, 2.24) is 15.5 Å². The second-order valence-corrected chi connectivity index (χ2v) is 7.14. The van der Waals surface area contributed by atoms with Crippen molar-refractivity contribution in [3.05, 3.63) is 0 Å². The molecule has 1 heterocycles. The summed E-state index contributed by atoms with van der Waals surface area (Å²) in [5.74, 6) is 0. The highest BCUT2D eigenvalue weighted by Gasteiger charge is 2.23. The number of rotatable bonds is 7. The summed E-state index contributed by atoms with van der Waals surface area (Å²) in [5.41, 5.74) is -0.440. The average molecular weight is 299 g/mol. The Hall–Kier alpha value is -0.810. The van der Waals surface area contributed by atoms with Crippen molar-refractivity contribution >= 4 is 6.09 Å². The minimum absolute atomic E-state index is 0.325. The number of likely N-dealkylation sites (N-methyl/N-ethyl adjacent to an activating group) is 1. The number of nitrogens with one attached hydrogen (secondary N) is 2. The van der Waals surface area contributed by atoms with Gasteiger partial charge in [0.15, 0.2) is 0 Å². The molecule has 2 atom stereocenters. The maximum absolute atomic E-state index is 11.8. The van der Waals surface area contributed by atoms with Crippen molar-refractivity contribution < 1.29 is 9.53 Å². The molecule has 1 amide bonds.